The number of rotatable bonds is 7. The van der Waals surface area contributed by atoms with Crippen LogP contribution in [0.5, 0.6) is 0 Å². The molecule has 0 saturated carbocycles. The molecule has 0 aliphatic carbocycles. The van der Waals surface area contributed by atoms with Gasteiger partial charge in [0.2, 0.25) is 0 Å². The summed E-state index contributed by atoms with van der Waals surface area (Å²) in [5.41, 5.74) is 1.29. The molecule has 1 unspecified atom stereocenters. The molecule has 0 aromatic heterocycles. The van der Waals surface area contributed by atoms with E-state index < -0.39 is 0 Å². The van der Waals surface area contributed by atoms with Gasteiger partial charge in [-0.1, -0.05) is 17.9 Å². The number of hydrogen-bond acceptors (Lipinski definition) is 4. The van der Waals surface area contributed by atoms with Crippen LogP contribution in [-0.2, 0) is 9.47 Å². The van der Waals surface area contributed by atoms with Gasteiger partial charge in [0.05, 0.1) is 19.3 Å². The summed E-state index contributed by atoms with van der Waals surface area (Å²) in [6.45, 7) is 0.831. The first-order valence-electron chi connectivity index (χ1n) is 6.71. The van der Waals surface area contributed by atoms with Crippen molar-refractivity contribution < 1.29 is 19.4 Å². The van der Waals surface area contributed by atoms with Gasteiger partial charge in [-0.05, 0) is 18.2 Å². The molecule has 0 heterocycles. The molecule has 1 atom stereocenters. The molecule has 5 heteroatoms. The van der Waals surface area contributed by atoms with Crippen molar-refractivity contribution in [2.24, 2.45) is 0 Å². The molecule has 0 radical (unpaired) electrons. The molecule has 1 rings (SSSR count). The summed E-state index contributed by atoms with van der Waals surface area (Å²) in [5, 5.41) is 11.5. The monoisotopic (exact) mass is 291 g/mol. The maximum Gasteiger partial charge on any atom is 0.251 e. The first-order valence-corrected chi connectivity index (χ1v) is 6.71. The van der Waals surface area contributed by atoms with E-state index in [1.54, 1.807) is 32.4 Å². The zero-order valence-corrected chi connectivity index (χ0v) is 12.4. The topological polar surface area (TPSA) is 67.8 Å². The minimum Gasteiger partial charge on any atom is -0.395 e. The van der Waals surface area contributed by atoms with Crippen molar-refractivity contribution in [3.05, 3.63) is 35.4 Å². The van der Waals surface area contributed by atoms with Gasteiger partial charge in [0.1, 0.15) is 0 Å². The highest BCUT2D eigenvalue weighted by Gasteiger charge is 2.10. The van der Waals surface area contributed by atoms with Crippen LogP contribution in [0.25, 0.3) is 0 Å². The molecule has 0 spiro atoms. The van der Waals surface area contributed by atoms with Crippen LogP contribution in [0.3, 0.4) is 0 Å². The average molecular weight is 291 g/mol. The summed E-state index contributed by atoms with van der Waals surface area (Å²) in [4.78, 5) is 12.1. The molecule has 0 aliphatic heterocycles. The fourth-order valence-corrected chi connectivity index (χ4v) is 1.66. The van der Waals surface area contributed by atoms with Crippen molar-refractivity contribution in [3.8, 4) is 11.8 Å². The van der Waals surface area contributed by atoms with Crippen molar-refractivity contribution in [2.75, 3.05) is 34.0 Å². The maximum absolute atomic E-state index is 12.1. The molecule has 2 N–H and O–H groups in total. The van der Waals surface area contributed by atoms with Crippen molar-refractivity contribution in [2.45, 2.75) is 12.5 Å². The Bertz CT molecular complexity index is 504. The number of ether oxygens (including phenoxy) is 2. The van der Waals surface area contributed by atoms with Crippen molar-refractivity contribution in [3.63, 3.8) is 0 Å². The van der Waals surface area contributed by atoms with Gasteiger partial charge in [0.25, 0.3) is 5.91 Å². The van der Waals surface area contributed by atoms with Crippen LogP contribution in [0.15, 0.2) is 24.3 Å². The van der Waals surface area contributed by atoms with E-state index in [9.17, 15) is 4.79 Å². The molecule has 1 amide bonds. The largest absolute Gasteiger partial charge is 0.395 e. The molecule has 1 aromatic rings. The number of aliphatic hydroxyl groups is 1. The van der Waals surface area contributed by atoms with Crippen molar-refractivity contribution in [1.82, 2.24) is 5.32 Å². The third kappa shape index (κ3) is 6.41. The lowest BCUT2D eigenvalue weighted by atomic mass is 10.1. The number of aliphatic hydroxyl groups excluding tert-OH is 1. The lowest BCUT2D eigenvalue weighted by Crippen LogP contribution is -2.35. The van der Waals surface area contributed by atoms with E-state index in [0.29, 0.717) is 25.1 Å². The van der Waals surface area contributed by atoms with E-state index in [0.717, 1.165) is 5.56 Å². The highest BCUT2D eigenvalue weighted by atomic mass is 16.5. The van der Waals surface area contributed by atoms with Gasteiger partial charge in [-0.15, -0.1) is 0 Å². The molecular formula is C16H21NO4. The van der Waals surface area contributed by atoms with Crippen LogP contribution >= 0.6 is 0 Å². The van der Waals surface area contributed by atoms with Crippen LogP contribution in [0.4, 0.5) is 0 Å². The van der Waals surface area contributed by atoms with E-state index in [4.69, 9.17) is 14.6 Å². The maximum atomic E-state index is 12.1. The predicted octanol–water partition coefficient (Wildman–Crippen LogP) is 0.812. The van der Waals surface area contributed by atoms with Crippen molar-refractivity contribution in [1.29, 1.82) is 0 Å². The standard InChI is InChI=1S/C16H21NO4/c1-20-12-15(21-2)11-17-16(19)14-8-5-7-13(10-14)6-3-4-9-18/h5,7-8,10,15,18H,4,9,11-12H2,1-2H3,(H,17,19). The Hall–Kier alpha value is -1.87. The van der Waals surface area contributed by atoms with Gasteiger partial charge in [0.15, 0.2) is 0 Å². The zero-order chi connectivity index (χ0) is 15.5. The SMILES string of the molecule is COCC(CNC(=O)c1cccc(C#CCCO)c1)OC. The normalized spacial score (nSPS) is 11.4. The van der Waals surface area contributed by atoms with Crippen LogP contribution in [-0.4, -0.2) is 51.1 Å². The third-order valence-corrected chi connectivity index (χ3v) is 2.77. The number of carbonyl (C=O) groups is 1. The van der Waals surface area contributed by atoms with Crippen molar-refractivity contribution >= 4 is 5.91 Å². The molecule has 0 fully saturated rings. The van der Waals surface area contributed by atoms with Crippen LogP contribution < -0.4 is 5.32 Å². The van der Waals surface area contributed by atoms with E-state index in [2.05, 4.69) is 17.2 Å². The zero-order valence-electron chi connectivity index (χ0n) is 12.4. The highest BCUT2D eigenvalue weighted by molar-refractivity contribution is 5.94. The Morgan fingerprint density at radius 3 is 2.90 bits per heavy atom. The molecule has 0 aliphatic rings. The number of nitrogens with one attached hydrogen (secondary N) is 1. The van der Waals surface area contributed by atoms with Crippen LogP contribution in [0, 0.1) is 11.8 Å². The lowest BCUT2D eigenvalue weighted by molar-refractivity contribution is 0.0285. The second-order valence-electron chi connectivity index (χ2n) is 4.38. The van der Waals surface area contributed by atoms with Gasteiger partial charge >= 0.3 is 0 Å². The van der Waals surface area contributed by atoms with Crippen LogP contribution in [0.2, 0.25) is 0 Å². The summed E-state index contributed by atoms with van der Waals surface area (Å²) >= 11 is 0. The predicted molar refractivity (Wildman–Crippen MR) is 80.0 cm³/mol. The Labute approximate surface area is 125 Å². The number of hydrogen-bond donors (Lipinski definition) is 2. The molecular weight excluding hydrogens is 270 g/mol. The number of benzene rings is 1. The quantitative estimate of drug-likeness (QED) is 0.730. The van der Waals surface area contributed by atoms with Crippen LogP contribution in [0.1, 0.15) is 22.3 Å². The molecule has 5 nitrogen and oxygen atoms in total. The van der Waals surface area contributed by atoms with E-state index in [1.807, 2.05) is 6.07 Å². The van der Waals surface area contributed by atoms with Gasteiger partial charge in [0, 0.05) is 38.3 Å². The van der Waals surface area contributed by atoms with Gasteiger partial charge < -0.3 is 19.9 Å². The Balaban J connectivity index is 2.62. The second-order valence-corrected chi connectivity index (χ2v) is 4.38. The Morgan fingerprint density at radius 2 is 2.24 bits per heavy atom. The molecule has 0 saturated heterocycles. The summed E-state index contributed by atoms with van der Waals surface area (Å²) in [6.07, 6.45) is 0.245. The fourth-order valence-electron chi connectivity index (χ4n) is 1.66. The van der Waals surface area contributed by atoms with E-state index in [1.165, 1.54) is 0 Å². The van der Waals surface area contributed by atoms with E-state index in [-0.39, 0.29) is 18.6 Å². The number of carbonyl (C=O) groups excluding carboxylic acids is 1. The first-order chi connectivity index (χ1) is 10.2. The highest BCUT2D eigenvalue weighted by Crippen LogP contribution is 2.04. The summed E-state index contributed by atoms with van der Waals surface area (Å²) in [7, 11) is 3.16. The van der Waals surface area contributed by atoms with E-state index >= 15 is 0 Å². The summed E-state index contributed by atoms with van der Waals surface area (Å²) < 4.78 is 10.2. The van der Waals surface area contributed by atoms with Gasteiger partial charge in [-0.2, -0.15) is 0 Å². The van der Waals surface area contributed by atoms with Gasteiger partial charge in [-0.3, -0.25) is 4.79 Å². The molecule has 21 heavy (non-hydrogen) atoms. The fraction of sp³-hybridized carbons (Fsp3) is 0.438. The summed E-state index contributed by atoms with van der Waals surface area (Å²) in [5.74, 6) is 5.55. The molecule has 0 bridgehead atoms. The molecule has 114 valence electrons. The average Bonchev–Trinajstić information content (AvgIpc) is 2.51. The third-order valence-electron chi connectivity index (χ3n) is 2.77. The minimum absolute atomic E-state index is 0.0328. The minimum atomic E-state index is -0.182. The number of amides is 1. The first kappa shape index (κ1) is 17.2. The smallest absolute Gasteiger partial charge is 0.251 e. The summed E-state index contributed by atoms with van der Waals surface area (Å²) in [6, 6.07) is 7.05. The lowest BCUT2D eigenvalue weighted by Gasteiger charge is -2.15. The Kier molecular flexibility index (Phi) is 8.14. The van der Waals surface area contributed by atoms with Gasteiger partial charge in [-0.25, -0.2) is 0 Å². The number of methoxy groups -OCH3 is 2. The second kappa shape index (κ2) is 9.94. The molecule has 1 aromatic carbocycles. The Morgan fingerprint density at radius 1 is 1.43 bits per heavy atom.